The van der Waals surface area contributed by atoms with Crippen molar-refractivity contribution in [2.75, 3.05) is 13.2 Å². The van der Waals surface area contributed by atoms with Gasteiger partial charge < -0.3 is 10.1 Å². The molecule has 1 aromatic heterocycles. The van der Waals surface area contributed by atoms with Gasteiger partial charge in [0.15, 0.2) is 0 Å². The molecule has 21 heavy (non-hydrogen) atoms. The van der Waals surface area contributed by atoms with Crippen molar-refractivity contribution in [1.82, 2.24) is 10.3 Å². The second-order valence-electron chi connectivity index (χ2n) is 5.51. The summed E-state index contributed by atoms with van der Waals surface area (Å²) >= 11 is 0. The molecule has 0 fully saturated rings. The zero-order valence-corrected chi connectivity index (χ0v) is 12.5. The van der Waals surface area contributed by atoms with E-state index in [1.807, 2.05) is 24.5 Å². The Morgan fingerprint density at radius 3 is 3.00 bits per heavy atom. The van der Waals surface area contributed by atoms with Gasteiger partial charge in [-0.25, -0.2) is 0 Å². The molecule has 2 atom stereocenters. The minimum atomic E-state index is 0.421. The van der Waals surface area contributed by atoms with Crippen LogP contribution >= 0.6 is 0 Å². The Morgan fingerprint density at radius 1 is 1.29 bits per heavy atom. The topological polar surface area (TPSA) is 34.2 Å². The molecule has 1 aliphatic heterocycles. The van der Waals surface area contributed by atoms with E-state index < -0.39 is 0 Å². The van der Waals surface area contributed by atoms with Gasteiger partial charge in [0.25, 0.3) is 0 Å². The molecular formula is C18H22N2O. The third-order valence-electron chi connectivity index (χ3n) is 4.14. The maximum absolute atomic E-state index is 5.79. The molecule has 0 spiro atoms. The zero-order valence-electron chi connectivity index (χ0n) is 12.5. The van der Waals surface area contributed by atoms with Crippen LogP contribution in [-0.2, 0) is 6.42 Å². The number of fused-ring (bicyclic) bond motifs is 1. The highest BCUT2D eigenvalue weighted by Gasteiger charge is 2.28. The van der Waals surface area contributed by atoms with Gasteiger partial charge in [-0.15, -0.1) is 0 Å². The van der Waals surface area contributed by atoms with Crippen LogP contribution in [0.2, 0.25) is 0 Å². The van der Waals surface area contributed by atoms with E-state index in [2.05, 4.69) is 41.5 Å². The Morgan fingerprint density at radius 2 is 2.19 bits per heavy atom. The van der Waals surface area contributed by atoms with Crippen molar-refractivity contribution in [2.24, 2.45) is 0 Å². The summed E-state index contributed by atoms with van der Waals surface area (Å²) in [6.07, 6.45) is 5.86. The van der Waals surface area contributed by atoms with Gasteiger partial charge in [-0.3, -0.25) is 4.98 Å². The molecule has 2 heterocycles. The number of nitrogens with one attached hydrogen (secondary N) is 1. The molecule has 3 nitrogen and oxygen atoms in total. The van der Waals surface area contributed by atoms with Gasteiger partial charge in [0.05, 0.1) is 6.61 Å². The molecular weight excluding hydrogens is 260 g/mol. The van der Waals surface area contributed by atoms with Gasteiger partial charge in [-0.2, -0.15) is 0 Å². The van der Waals surface area contributed by atoms with Gasteiger partial charge in [-0.1, -0.05) is 31.2 Å². The van der Waals surface area contributed by atoms with Crippen LogP contribution in [0.25, 0.3) is 0 Å². The summed E-state index contributed by atoms with van der Waals surface area (Å²) in [6, 6.07) is 13.0. The number of pyridine rings is 1. The lowest BCUT2D eigenvalue weighted by atomic mass is 9.84. The number of hydrogen-bond acceptors (Lipinski definition) is 3. The summed E-state index contributed by atoms with van der Waals surface area (Å²) in [6.45, 7) is 3.95. The summed E-state index contributed by atoms with van der Waals surface area (Å²) < 4.78 is 5.79. The van der Waals surface area contributed by atoms with Crippen LogP contribution in [0.5, 0.6) is 5.75 Å². The van der Waals surface area contributed by atoms with Gasteiger partial charge >= 0.3 is 0 Å². The average molecular weight is 282 g/mol. The maximum Gasteiger partial charge on any atom is 0.122 e. The first-order valence-electron chi connectivity index (χ1n) is 7.72. The first kappa shape index (κ1) is 14.1. The fourth-order valence-corrected chi connectivity index (χ4v) is 3.18. The molecule has 3 heteroatoms. The van der Waals surface area contributed by atoms with Crippen LogP contribution < -0.4 is 10.1 Å². The lowest BCUT2D eigenvalue weighted by Crippen LogP contribution is -2.38. The first-order chi connectivity index (χ1) is 10.4. The molecule has 0 aliphatic carbocycles. The Labute approximate surface area is 126 Å². The van der Waals surface area contributed by atoms with E-state index in [1.54, 1.807) is 0 Å². The lowest BCUT2D eigenvalue weighted by Gasteiger charge is -2.33. The Kier molecular flexibility index (Phi) is 4.51. The zero-order chi connectivity index (χ0) is 14.5. The molecule has 1 aromatic carbocycles. The summed E-state index contributed by atoms with van der Waals surface area (Å²) in [5, 5.41) is 3.66. The number of rotatable bonds is 5. The monoisotopic (exact) mass is 282 g/mol. The second-order valence-corrected chi connectivity index (χ2v) is 5.51. The van der Waals surface area contributed by atoms with Crippen molar-refractivity contribution in [3.8, 4) is 5.75 Å². The van der Waals surface area contributed by atoms with E-state index in [9.17, 15) is 0 Å². The maximum atomic E-state index is 5.79. The first-order valence-corrected chi connectivity index (χ1v) is 7.72. The van der Waals surface area contributed by atoms with Crippen molar-refractivity contribution >= 4 is 0 Å². The van der Waals surface area contributed by atoms with E-state index in [1.165, 1.54) is 11.1 Å². The summed E-state index contributed by atoms with van der Waals surface area (Å²) in [4.78, 5) is 4.23. The van der Waals surface area contributed by atoms with Crippen LogP contribution in [0.1, 0.15) is 30.4 Å². The molecule has 0 saturated carbocycles. The number of benzene rings is 1. The van der Waals surface area contributed by atoms with Crippen molar-refractivity contribution < 1.29 is 4.74 Å². The largest absolute Gasteiger partial charge is 0.493 e. The van der Waals surface area contributed by atoms with Crippen LogP contribution in [0.4, 0.5) is 0 Å². The van der Waals surface area contributed by atoms with Crippen molar-refractivity contribution in [1.29, 1.82) is 0 Å². The van der Waals surface area contributed by atoms with E-state index in [4.69, 9.17) is 4.74 Å². The van der Waals surface area contributed by atoms with Gasteiger partial charge in [-0.05, 0) is 42.6 Å². The molecule has 2 unspecified atom stereocenters. The standard InChI is InChI=1S/C18H22N2O/c1-2-20-17(12-14-6-5-10-19-13-14)15-9-11-21-18-8-4-3-7-16(15)18/h3-8,10,13,15,17,20H,2,9,11-12H2,1H3. The molecule has 1 N–H and O–H groups in total. The highest BCUT2D eigenvalue weighted by atomic mass is 16.5. The van der Waals surface area contributed by atoms with Crippen LogP contribution in [0, 0.1) is 0 Å². The van der Waals surface area contributed by atoms with Crippen molar-refractivity contribution in [3.05, 3.63) is 59.9 Å². The van der Waals surface area contributed by atoms with Crippen molar-refractivity contribution in [3.63, 3.8) is 0 Å². The Hall–Kier alpha value is -1.87. The number of para-hydroxylation sites is 1. The lowest BCUT2D eigenvalue weighted by molar-refractivity contribution is 0.245. The molecule has 110 valence electrons. The minimum absolute atomic E-state index is 0.421. The molecule has 0 saturated heterocycles. The van der Waals surface area contributed by atoms with Crippen LogP contribution in [0.15, 0.2) is 48.8 Å². The number of hydrogen-bond donors (Lipinski definition) is 1. The summed E-state index contributed by atoms with van der Waals surface area (Å²) in [7, 11) is 0. The van der Waals surface area contributed by atoms with Gasteiger partial charge in [0.2, 0.25) is 0 Å². The average Bonchev–Trinajstić information content (AvgIpc) is 2.55. The smallest absolute Gasteiger partial charge is 0.122 e. The molecule has 3 rings (SSSR count). The number of nitrogens with zero attached hydrogens (tertiary/aromatic N) is 1. The fraction of sp³-hybridized carbons (Fsp3) is 0.389. The highest BCUT2D eigenvalue weighted by molar-refractivity contribution is 5.39. The highest BCUT2D eigenvalue weighted by Crippen LogP contribution is 2.36. The van der Waals surface area contributed by atoms with Crippen LogP contribution in [-0.4, -0.2) is 24.2 Å². The normalized spacial score (nSPS) is 18.6. The molecule has 0 bridgehead atoms. The Balaban J connectivity index is 1.84. The van der Waals surface area contributed by atoms with Crippen LogP contribution in [0.3, 0.4) is 0 Å². The van der Waals surface area contributed by atoms with Crippen molar-refractivity contribution in [2.45, 2.75) is 31.7 Å². The summed E-state index contributed by atoms with van der Waals surface area (Å²) in [5.41, 5.74) is 2.62. The predicted molar refractivity (Wildman–Crippen MR) is 84.7 cm³/mol. The molecule has 0 amide bonds. The third kappa shape index (κ3) is 3.24. The minimum Gasteiger partial charge on any atom is -0.493 e. The SMILES string of the molecule is CCNC(Cc1cccnc1)C1CCOc2ccccc21. The molecule has 0 radical (unpaired) electrons. The third-order valence-corrected chi connectivity index (χ3v) is 4.14. The number of aromatic nitrogens is 1. The Bertz CT molecular complexity index is 570. The van der Waals surface area contributed by atoms with E-state index in [0.29, 0.717) is 12.0 Å². The fourth-order valence-electron chi connectivity index (χ4n) is 3.18. The summed E-state index contributed by atoms with van der Waals surface area (Å²) in [5.74, 6) is 1.54. The quantitative estimate of drug-likeness (QED) is 0.914. The van der Waals surface area contributed by atoms with E-state index in [-0.39, 0.29) is 0 Å². The van der Waals surface area contributed by atoms with Gasteiger partial charge in [0.1, 0.15) is 5.75 Å². The predicted octanol–water partition coefficient (Wildman–Crippen LogP) is 3.17. The second kappa shape index (κ2) is 6.72. The van der Waals surface area contributed by atoms with E-state index >= 15 is 0 Å². The van der Waals surface area contributed by atoms with Gasteiger partial charge in [0, 0.05) is 24.4 Å². The number of likely N-dealkylation sites (N-methyl/N-ethyl adjacent to an activating group) is 1. The van der Waals surface area contributed by atoms with E-state index in [0.717, 1.165) is 31.7 Å². The molecule has 1 aliphatic rings. The number of ether oxygens (including phenoxy) is 1. The molecule has 2 aromatic rings.